The Morgan fingerprint density at radius 1 is 1.33 bits per heavy atom. The van der Waals surface area contributed by atoms with Crippen LogP contribution in [0.2, 0.25) is 0 Å². The molecule has 1 N–H and O–H groups in total. The lowest BCUT2D eigenvalue weighted by molar-refractivity contribution is -0.140. The van der Waals surface area contributed by atoms with Crippen molar-refractivity contribution in [3.05, 3.63) is 10.8 Å². The third-order valence-corrected chi connectivity index (χ3v) is 5.28. The summed E-state index contributed by atoms with van der Waals surface area (Å²) in [6, 6.07) is 0. The maximum Gasteiger partial charge on any atom is 0.303 e. The molecule has 1 fully saturated rings. The molecule has 0 unspecified atom stereocenters. The molecule has 21 heavy (non-hydrogen) atoms. The zero-order valence-electron chi connectivity index (χ0n) is 12.2. The molecule has 1 aliphatic carbocycles. The summed E-state index contributed by atoms with van der Waals surface area (Å²) in [6.07, 6.45) is 7.22. The summed E-state index contributed by atoms with van der Waals surface area (Å²) >= 11 is 1.54. The molecule has 0 spiro atoms. The summed E-state index contributed by atoms with van der Waals surface area (Å²) in [5.74, 6) is 0.164. The van der Waals surface area contributed by atoms with Gasteiger partial charge in [-0.05, 0) is 18.3 Å². The van der Waals surface area contributed by atoms with Crippen molar-refractivity contribution in [2.45, 2.75) is 58.3 Å². The third kappa shape index (κ3) is 2.92. The van der Waals surface area contributed by atoms with Crippen LogP contribution in [0.4, 0.5) is 0 Å². The molecule has 7 heteroatoms. The first-order valence-corrected chi connectivity index (χ1v) is 8.35. The third-order valence-electron chi connectivity index (χ3n) is 4.38. The zero-order valence-corrected chi connectivity index (χ0v) is 13.0. The number of aliphatic carboxylic acids is 1. The molecule has 1 aliphatic rings. The molecule has 0 radical (unpaired) electrons. The van der Waals surface area contributed by atoms with Crippen LogP contribution in [-0.2, 0) is 17.6 Å². The number of carboxylic acid groups (broad SMARTS) is 1. The molecular weight excluding hydrogens is 288 g/mol. The van der Waals surface area contributed by atoms with E-state index in [4.69, 9.17) is 0 Å². The molecule has 2 aromatic rings. The quantitative estimate of drug-likeness (QED) is 0.918. The van der Waals surface area contributed by atoms with Gasteiger partial charge in [0.1, 0.15) is 5.01 Å². The number of nitrogens with zero attached hydrogens (tertiary/aromatic N) is 4. The molecule has 2 heterocycles. The molecule has 6 nitrogen and oxygen atoms in total. The van der Waals surface area contributed by atoms with Crippen LogP contribution in [0, 0.1) is 5.41 Å². The Kier molecular flexibility index (Phi) is 3.93. The maximum absolute atomic E-state index is 11.2. The van der Waals surface area contributed by atoms with Crippen molar-refractivity contribution >= 4 is 22.3 Å². The van der Waals surface area contributed by atoms with Gasteiger partial charge in [-0.1, -0.05) is 37.5 Å². The zero-order chi connectivity index (χ0) is 14.9. The average Bonchev–Trinajstić information content (AvgIpc) is 2.98. The van der Waals surface area contributed by atoms with Gasteiger partial charge in [-0.3, -0.25) is 4.79 Å². The van der Waals surface area contributed by atoms with Gasteiger partial charge in [0.15, 0.2) is 5.82 Å². The summed E-state index contributed by atoms with van der Waals surface area (Å²) < 4.78 is 1.80. The van der Waals surface area contributed by atoms with Crippen molar-refractivity contribution in [1.29, 1.82) is 0 Å². The Labute approximate surface area is 127 Å². The molecule has 2 aromatic heterocycles. The molecule has 3 rings (SSSR count). The number of hydrogen-bond acceptors (Lipinski definition) is 5. The van der Waals surface area contributed by atoms with Crippen molar-refractivity contribution in [2.24, 2.45) is 5.41 Å². The number of carbonyl (C=O) groups is 1. The van der Waals surface area contributed by atoms with Crippen molar-refractivity contribution < 1.29 is 9.90 Å². The Morgan fingerprint density at radius 3 is 2.76 bits per heavy atom. The summed E-state index contributed by atoms with van der Waals surface area (Å²) in [7, 11) is 0. The van der Waals surface area contributed by atoms with E-state index in [0.717, 1.165) is 54.3 Å². The van der Waals surface area contributed by atoms with Gasteiger partial charge < -0.3 is 5.11 Å². The number of aryl methyl sites for hydroxylation is 1. The van der Waals surface area contributed by atoms with Gasteiger partial charge in [0.25, 0.3) is 0 Å². The highest BCUT2D eigenvalue weighted by Gasteiger charge is 2.35. The highest BCUT2D eigenvalue weighted by atomic mass is 32.1. The van der Waals surface area contributed by atoms with Crippen molar-refractivity contribution in [3.8, 4) is 0 Å². The molecule has 0 atom stereocenters. The van der Waals surface area contributed by atoms with Crippen LogP contribution in [0.5, 0.6) is 0 Å². The number of carboxylic acids is 1. The summed E-state index contributed by atoms with van der Waals surface area (Å²) in [5.41, 5.74) is -0.125. The van der Waals surface area contributed by atoms with Crippen molar-refractivity contribution in [3.63, 3.8) is 0 Å². The number of hydrogen-bond donors (Lipinski definition) is 1. The minimum atomic E-state index is -0.700. The Hall–Kier alpha value is -1.50. The van der Waals surface area contributed by atoms with E-state index in [1.54, 1.807) is 4.52 Å². The fourth-order valence-corrected chi connectivity index (χ4v) is 4.37. The second kappa shape index (κ2) is 5.71. The summed E-state index contributed by atoms with van der Waals surface area (Å²) in [4.78, 5) is 12.0. The van der Waals surface area contributed by atoms with Gasteiger partial charge in [0.2, 0.25) is 4.96 Å². The van der Waals surface area contributed by atoms with Crippen molar-refractivity contribution in [1.82, 2.24) is 19.8 Å². The predicted octanol–water partition coefficient (Wildman–Crippen LogP) is 2.72. The lowest BCUT2D eigenvalue weighted by Crippen LogP contribution is -2.29. The van der Waals surface area contributed by atoms with Gasteiger partial charge in [-0.25, -0.2) is 0 Å². The van der Waals surface area contributed by atoms with Gasteiger partial charge in [0.05, 0.1) is 6.42 Å². The van der Waals surface area contributed by atoms with E-state index in [1.165, 1.54) is 17.8 Å². The van der Waals surface area contributed by atoms with Crippen LogP contribution in [-0.4, -0.2) is 30.9 Å². The molecule has 0 aromatic carbocycles. The molecule has 0 amide bonds. The van der Waals surface area contributed by atoms with E-state index in [0.29, 0.717) is 0 Å². The predicted molar refractivity (Wildman–Crippen MR) is 79.5 cm³/mol. The van der Waals surface area contributed by atoms with E-state index < -0.39 is 5.97 Å². The lowest BCUT2D eigenvalue weighted by Gasteiger charge is -2.35. The lowest BCUT2D eigenvalue weighted by atomic mass is 9.70. The smallest absolute Gasteiger partial charge is 0.303 e. The normalized spacial score (nSPS) is 18.1. The van der Waals surface area contributed by atoms with Gasteiger partial charge >= 0.3 is 5.97 Å². The highest BCUT2D eigenvalue weighted by molar-refractivity contribution is 7.16. The van der Waals surface area contributed by atoms with E-state index in [2.05, 4.69) is 15.3 Å². The number of fused-ring (bicyclic) bond motifs is 1. The van der Waals surface area contributed by atoms with Crippen LogP contribution in [0.15, 0.2) is 0 Å². The minimum Gasteiger partial charge on any atom is -0.481 e. The van der Waals surface area contributed by atoms with E-state index in [-0.39, 0.29) is 11.8 Å². The van der Waals surface area contributed by atoms with Crippen LogP contribution >= 0.6 is 11.3 Å². The molecule has 0 aliphatic heterocycles. The largest absolute Gasteiger partial charge is 0.481 e. The molecule has 0 bridgehead atoms. The molecule has 1 saturated carbocycles. The number of aromatic nitrogens is 4. The fourth-order valence-electron chi connectivity index (χ4n) is 3.35. The van der Waals surface area contributed by atoms with Gasteiger partial charge in [-0.15, -0.1) is 10.2 Å². The molecule has 114 valence electrons. The first-order chi connectivity index (χ1) is 10.1. The maximum atomic E-state index is 11.2. The summed E-state index contributed by atoms with van der Waals surface area (Å²) in [6.45, 7) is 2.03. The summed E-state index contributed by atoms with van der Waals surface area (Å²) in [5, 5.41) is 23.1. The standard InChI is InChI=1S/C14H20N4O2S/c1-2-10-15-16-13-18(10)17-11(21-13)8-14(9-12(19)20)6-4-3-5-7-14/h2-9H2,1H3,(H,19,20). The highest BCUT2D eigenvalue weighted by Crippen LogP contribution is 2.42. The van der Waals surface area contributed by atoms with E-state index in [9.17, 15) is 9.90 Å². The van der Waals surface area contributed by atoms with Gasteiger partial charge in [-0.2, -0.15) is 9.61 Å². The van der Waals surface area contributed by atoms with E-state index >= 15 is 0 Å². The van der Waals surface area contributed by atoms with Crippen LogP contribution in [0.3, 0.4) is 0 Å². The Balaban J connectivity index is 1.86. The Morgan fingerprint density at radius 2 is 2.10 bits per heavy atom. The van der Waals surface area contributed by atoms with Crippen molar-refractivity contribution in [2.75, 3.05) is 0 Å². The SMILES string of the molecule is CCc1nnc2sc(CC3(CC(=O)O)CCCCC3)nn12. The van der Waals surface area contributed by atoms with Crippen LogP contribution in [0.1, 0.15) is 56.3 Å². The monoisotopic (exact) mass is 308 g/mol. The molecule has 0 saturated heterocycles. The van der Waals surface area contributed by atoms with E-state index in [1.807, 2.05) is 6.92 Å². The Bertz CT molecular complexity index is 642. The second-order valence-corrected chi connectivity index (χ2v) is 7.01. The second-order valence-electron chi connectivity index (χ2n) is 5.97. The van der Waals surface area contributed by atoms with Crippen LogP contribution < -0.4 is 0 Å². The molecular formula is C14H20N4O2S. The fraction of sp³-hybridized carbons (Fsp3) is 0.714. The topological polar surface area (TPSA) is 80.4 Å². The first-order valence-electron chi connectivity index (χ1n) is 7.54. The van der Waals surface area contributed by atoms with Crippen LogP contribution in [0.25, 0.3) is 4.96 Å². The van der Waals surface area contributed by atoms with Gasteiger partial charge in [0, 0.05) is 12.8 Å². The minimum absolute atomic E-state index is 0.125. The average molecular weight is 308 g/mol. The number of rotatable bonds is 5. The first kappa shape index (κ1) is 14.4.